The second-order valence-corrected chi connectivity index (χ2v) is 7.07. The molecule has 0 spiro atoms. The Kier molecular flexibility index (Phi) is 10.4. The van der Waals surface area contributed by atoms with E-state index in [1.807, 2.05) is 0 Å². The predicted octanol–water partition coefficient (Wildman–Crippen LogP) is 2.34. The molecule has 0 heterocycles. The first-order valence-corrected chi connectivity index (χ1v) is 8.65. The molecule has 0 aliphatic rings. The third-order valence-electron chi connectivity index (χ3n) is 1.79. The van der Waals surface area contributed by atoms with Gasteiger partial charge in [0.25, 0.3) is 0 Å². The molecule has 0 aromatic heterocycles. The molecule has 12 heavy (non-hydrogen) atoms. The molecule has 0 aromatic carbocycles. The molecule has 0 atom stereocenters. The van der Waals surface area contributed by atoms with Crippen LogP contribution in [0.2, 0.25) is 8.87 Å². The van der Waals surface area contributed by atoms with Crippen LogP contribution in [-0.4, -0.2) is 41.7 Å². The van der Waals surface area contributed by atoms with Crippen LogP contribution in [0.3, 0.4) is 0 Å². The van der Waals surface area contributed by atoms with E-state index in [4.69, 9.17) is 9.47 Å². The van der Waals surface area contributed by atoms with E-state index < -0.39 is 0 Å². The van der Waals surface area contributed by atoms with Crippen LogP contribution < -0.4 is 0 Å². The van der Waals surface area contributed by atoms with Crippen molar-refractivity contribution in [3.05, 3.63) is 0 Å². The Morgan fingerprint density at radius 3 is 2.33 bits per heavy atom. The summed E-state index contributed by atoms with van der Waals surface area (Å²) in [6, 6.07) is 0. The van der Waals surface area contributed by atoms with Crippen molar-refractivity contribution in [1.29, 1.82) is 0 Å². The quantitative estimate of drug-likeness (QED) is 0.385. The van der Waals surface area contributed by atoms with Crippen molar-refractivity contribution in [3.8, 4) is 0 Å². The van der Waals surface area contributed by atoms with Crippen molar-refractivity contribution >= 4 is 21.1 Å². The minimum atomic E-state index is -0.0728. The molecule has 0 aliphatic heterocycles. The molecule has 0 amide bonds. The SMILES string of the molecule is CCC[CH2][Sn][CH2]CC(OC)OC. The predicted molar refractivity (Wildman–Crippen MR) is 52.7 cm³/mol. The van der Waals surface area contributed by atoms with Crippen LogP contribution in [0.15, 0.2) is 0 Å². The maximum absolute atomic E-state index is 5.11. The van der Waals surface area contributed by atoms with Crippen LogP contribution in [0.5, 0.6) is 0 Å². The fourth-order valence-electron chi connectivity index (χ4n) is 0.979. The Labute approximate surface area is 86.2 Å². The molecule has 2 nitrogen and oxygen atoms in total. The first-order chi connectivity index (χ1) is 5.85. The monoisotopic (exact) mass is 280 g/mol. The van der Waals surface area contributed by atoms with Crippen LogP contribution in [0.25, 0.3) is 0 Å². The summed E-state index contributed by atoms with van der Waals surface area (Å²) in [5.41, 5.74) is 0. The van der Waals surface area contributed by atoms with Gasteiger partial charge in [0.1, 0.15) is 0 Å². The zero-order chi connectivity index (χ0) is 9.23. The minimum absolute atomic E-state index is 0.0486. The number of hydrogen-bond donors (Lipinski definition) is 0. The summed E-state index contributed by atoms with van der Waals surface area (Å²) in [5, 5.41) is 0. The number of methoxy groups -OCH3 is 2. The van der Waals surface area contributed by atoms with E-state index in [1.54, 1.807) is 14.2 Å². The second kappa shape index (κ2) is 9.80. The van der Waals surface area contributed by atoms with Gasteiger partial charge in [-0.2, -0.15) is 0 Å². The molecule has 0 saturated heterocycles. The first kappa shape index (κ1) is 12.7. The molecular formula is C9H20O2Sn. The van der Waals surface area contributed by atoms with Crippen LogP contribution in [0, 0.1) is 0 Å². The summed E-state index contributed by atoms with van der Waals surface area (Å²) in [6.07, 6.45) is 3.92. The Morgan fingerprint density at radius 2 is 1.83 bits per heavy atom. The van der Waals surface area contributed by atoms with Gasteiger partial charge in [0.05, 0.1) is 0 Å². The van der Waals surface area contributed by atoms with E-state index in [0.29, 0.717) is 0 Å². The van der Waals surface area contributed by atoms with E-state index in [2.05, 4.69) is 6.92 Å². The van der Waals surface area contributed by atoms with E-state index in [0.717, 1.165) is 6.42 Å². The van der Waals surface area contributed by atoms with Crippen molar-refractivity contribution in [2.45, 2.75) is 41.3 Å². The maximum atomic E-state index is 5.11. The fourth-order valence-corrected chi connectivity index (χ4v) is 4.67. The summed E-state index contributed by atoms with van der Waals surface area (Å²) < 4.78 is 13.1. The van der Waals surface area contributed by atoms with Crippen LogP contribution >= 0.6 is 0 Å². The summed E-state index contributed by atoms with van der Waals surface area (Å²) >= 11 is -0.0728. The van der Waals surface area contributed by atoms with Crippen molar-refractivity contribution in [3.63, 3.8) is 0 Å². The number of ether oxygens (including phenoxy) is 2. The van der Waals surface area contributed by atoms with E-state index >= 15 is 0 Å². The number of rotatable bonds is 8. The molecule has 2 radical (unpaired) electrons. The van der Waals surface area contributed by atoms with Crippen molar-refractivity contribution < 1.29 is 9.47 Å². The molecule has 0 fully saturated rings. The molecule has 0 bridgehead atoms. The standard InChI is InChI=1S/C5H11O2.C4H9.Sn/c1-4-5(6-2)7-3;1-3-4-2;/h5H,1,4H2,2-3H3;1,3-4H2,2H3;. The van der Waals surface area contributed by atoms with E-state index in [1.165, 1.54) is 21.7 Å². The van der Waals surface area contributed by atoms with Crippen molar-refractivity contribution in [1.82, 2.24) is 0 Å². The van der Waals surface area contributed by atoms with Gasteiger partial charge in [-0.25, -0.2) is 0 Å². The molecule has 0 saturated carbocycles. The molecule has 0 aromatic rings. The zero-order valence-electron chi connectivity index (χ0n) is 8.43. The molecule has 0 rings (SSSR count). The molecule has 0 N–H and O–H groups in total. The Morgan fingerprint density at radius 1 is 1.17 bits per heavy atom. The molecule has 0 aliphatic carbocycles. The van der Waals surface area contributed by atoms with Gasteiger partial charge < -0.3 is 0 Å². The van der Waals surface area contributed by atoms with Gasteiger partial charge in [-0.1, -0.05) is 0 Å². The third-order valence-corrected chi connectivity index (χ3v) is 5.64. The van der Waals surface area contributed by atoms with Crippen molar-refractivity contribution in [2.24, 2.45) is 0 Å². The van der Waals surface area contributed by atoms with Gasteiger partial charge in [-0.05, 0) is 0 Å². The van der Waals surface area contributed by atoms with Gasteiger partial charge in [0.15, 0.2) is 0 Å². The summed E-state index contributed by atoms with van der Waals surface area (Å²) in [7, 11) is 3.43. The Bertz CT molecular complexity index is 84.6. The van der Waals surface area contributed by atoms with Crippen molar-refractivity contribution in [2.75, 3.05) is 14.2 Å². The number of hydrogen-bond acceptors (Lipinski definition) is 2. The van der Waals surface area contributed by atoms with Crippen LogP contribution in [-0.2, 0) is 9.47 Å². The van der Waals surface area contributed by atoms with Crippen LogP contribution in [0.1, 0.15) is 26.2 Å². The fraction of sp³-hybridized carbons (Fsp3) is 1.00. The summed E-state index contributed by atoms with van der Waals surface area (Å²) in [6.45, 7) is 2.26. The van der Waals surface area contributed by atoms with Gasteiger partial charge >= 0.3 is 86.2 Å². The average Bonchev–Trinajstić information content (AvgIpc) is 2.11. The van der Waals surface area contributed by atoms with Gasteiger partial charge in [-0.15, -0.1) is 0 Å². The molecule has 72 valence electrons. The average molecular weight is 279 g/mol. The topological polar surface area (TPSA) is 18.5 Å². The second-order valence-electron chi connectivity index (χ2n) is 2.79. The Balaban J connectivity index is 3.06. The first-order valence-electron chi connectivity index (χ1n) is 4.61. The van der Waals surface area contributed by atoms with Gasteiger partial charge in [0.2, 0.25) is 0 Å². The normalized spacial score (nSPS) is 11.0. The molecular weight excluding hydrogens is 259 g/mol. The van der Waals surface area contributed by atoms with E-state index in [-0.39, 0.29) is 27.4 Å². The Hall–Kier alpha value is 0.719. The zero-order valence-corrected chi connectivity index (χ0v) is 11.3. The third kappa shape index (κ3) is 7.37. The summed E-state index contributed by atoms with van der Waals surface area (Å²) in [5.74, 6) is 0. The van der Waals surface area contributed by atoms with Gasteiger partial charge in [-0.3, -0.25) is 0 Å². The molecule has 0 unspecified atom stereocenters. The number of unbranched alkanes of at least 4 members (excludes halogenated alkanes) is 1. The molecule has 3 heteroatoms. The van der Waals surface area contributed by atoms with Gasteiger partial charge in [0, 0.05) is 0 Å². The van der Waals surface area contributed by atoms with E-state index in [9.17, 15) is 0 Å². The summed E-state index contributed by atoms with van der Waals surface area (Å²) in [4.78, 5) is 0. The van der Waals surface area contributed by atoms with Crippen LogP contribution in [0.4, 0.5) is 0 Å².